The van der Waals surface area contributed by atoms with Gasteiger partial charge in [-0.15, -0.1) is 0 Å². The van der Waals surface area contributed by atoms with Gasteiger partial charge in [-0.05, 0) is 26.8 Å². The van der Waals surface area contributed by atoms with Crippen LogP contribution in [0.25, 0.3) is 11.4 Å². The summed E-state index contributed by atoms with van der Waals surface area (Å²) < 4.78 is 38.1. The number of pyridine rings is 1. The molecule has 0 spiro atoms. The Morgan fingerprint density at radius 1 is 1.10 bits per heavy atom. The van der Waals surface area contributed by atoms with E-state index in [1.165, 1.54) is 12.3 Å². The third-order valence-corrected chi connectivity index (χ3v) is 5.38. The van der Waals surface area contributed by atoms with Crippen LogP contribution in [0, 0.1) is 0 Å². The summed E-state index contributed by atoms with van der Waals surface area (Å²) in [4.78, 5) is 22.0. The highest BCUT2D eigenvalue weighted by Gasteiger charge is 2.28. The summed E-state index contributed by atoms with van der Waals surface area (Å²) >= 11 is 0. The predicted octanol–water partition coefficient (Wildman–Crippen LogP) is 2.29. The van der Waals surface area contributed by atoms with Gasteiger partial charge in [0, 0.05) is 31.4 Å². The molecule has 3 atom stereocenters. The highest BCUT2D eigenvalue weighted by molar-refractivity contribution is 5.61. The van der Waals surface area contributed by atoms with E-state index in [2.05, 4.69) is 15.0 Å². The molecule has 0 aromatic carbocycles. The van der Waals surface area contributed by atoms with Gasteiger partial charge in [-0.25, -0.2) is 13.8 Å². The fourth-order valence-corrected chi connectivity index (χ4v) is 3.91. The third-order valence-electron chi connectivity index (χ3n) is 5.38. The molecule has 9 nitrogen and oxygen atoms in total. The minimum Gasteiger partial charge on any atom is -0.383 e. The van der Waals surface area contributed by atoms with E-state index in [-0.39, 0.29) is 35.5 Å². The van der Waals surface area contributed by atoms with Crippen LogP contribution in [0.4, 0.5) is 26.5 Å². The van der Waals surface area contributed by atoms with Crippen molar-refractivity contribution < 1.29 is 18.3 Å². The molecule has 2 aliphatic heterocycles. The van der Waals surface area contributed by atoms with Crippen molar-refractivity contribution in [2.24, 2.45) is 0 Å². The topological polar surface area (TPSA) is 103 Å². The second-order valence-corrected chi connectivity index (χ2v) is 8.04. The smallest absolute Gasteiger partial charge is 0.267 e. The minimum absolute atomic E-state index is 0.0124. The highest BCUT2D eigenvalue weighted by Crippen LogP contribution is 2.29. The monoisotopic (exact) mass is 435 g/mol. The van der Waals surface area contributed by atoms with Gasteiger partial charge in [0.25, 0.3) is 6.43 Å². The Kier molecular flexibility index (Phi) is 6.15. The summed E-state index contributed by atoms with van der Waals surface area (Å²) in [6, 6.07) is 1.36. The van der Waals surface area contributed by atoms with Crippen molar-refractivity contribution in [1.29, 1.82) is 0 Å². The van der Waals surface area contributed by atoms with Crippen molar-refractivity contribution in [3.05, 3.63) is 17.8 Å². The molecular weight excluding hydrogens is 408 g/mol. The molecule has 0 aliphatic carbocycles. The SMILES string of the molecule is C[C@@H]1CN(c2nc(-c3cnc(N)c(C(F)F)c3)nc(N3CCOC[C@H]3C)n2)C[C@H](C)O1. The number of nitrogens with zero attached hydrogens (tertiary/aromatic N) is 6. The molecule has 168 valence electrons. The van der Waals surface area contributed by atoms with Gasteiger partial charge >= 0.3 is 0 Å². The summed E-state index contributed by atoms with van der Waals surface area (Å²) in [5.41, 5.74) is 5.65. The standard InChI is InChI=1S/C20H27F2N7O2/c1-11-10-30-5-4-29(11)20-26-18(14-6-15(16(21)22)17(23)24-7-14)25-19(27-20)28-8-12(2)31-13(3)9-28/h6-7,11-13,16H,4-5,8-10H2,1-3H3,(H2,23,24)/t11-,12-,13+/m1/s1. The molecular formula is C20H27F2N7O2. The molecule has 4 heterocycles. The summed E-state index contributed by atoms with van der Waals surface area (Å²) in [6.45, 7) is 9.00. The van der Waals surface area contributed by atoms with E-state index in [4.69, 9.17) is 20.2 Å². The van der Waals surface area contributed by atoms with Crippen LogP contribution in [0.15, 0.2) is 12.3 Å². The second kappa shape index (κ2) is 8.83. The molecule has 31 heavy (non-hydrogen) atoms. The number of ether oxygens (including phenoxy) is 2. The zero-order valence-corrected chi connectivity index (χ0v) is 17.8. The van der Waals surface area contributed by atoms with Crippen molar-refractivity contribution in [3.63, 3.8) is 0 Å². The average Bonchev–Trinajstić information content (AvgIpc) is 2.73. The van der Waals surface area contributed by atoms with Gasteiger partial charge in [0.15, 0.2) is 5.82 Å². The van der Waals surface area contributed by atoms with Gasteiger partial charge < -0.3 is 25.0 Å². The summed E-state index contributed by atoms with van der Waals surface area (Å²) in [6.07, 6.45) is -1.30. The molecule has 2 N–H and O–H groups in total. The Morgan fingerprint density at radius 3 is 2.48 bits per heavy atom. The lowest BCUT2D eigenvalue weighted by Gasteiger charge is -2.37. The number of rotatable bonds is 4. The first kappa shape index (κ1) is 21.6. The molecule has 2 saturated heterocycles. The first-order valence-corrected chi connectivity index (χ1v) is 10.4. The normalized spacial score (nSPS) is 24.6. The molecule has 2 aliphatic rings. The van der Waals surface area contributed by atoms with Crippen LogP contribution in [-0.2, 0) is 9.47 Å². The van der Waals surface area contributed by atoms with E-state index < -0.39 is 6.43 Å². The predicted molar refractivity (Wildman–Crippen MR) is 112 cm³/mol. The Bertz CT molecular complexity index is 922. The molecule has 2 aromatic heterocycles. The molecule has 4 rings (SSSR count). The Balaban J connectivity index is 1.79. The molecule has 0 saturated carbocycles. The largest absolute Gasteiger partial charge is 0.383 e. The van der Waals surface area contributed by atoms with Gasteiger partial charge in [0.05, 0.1) is 37.0 Å². The van der Waals surface area contributed by atoms with Gasteiger partial charge in [0.1, 0.15) is 5.82 Å². The third kappa shape index (κ3) is 4.67. The van der Waals surface area contributed by atoms with Crippen LogP contribution in [0.1, 0.15) is 32.8 Å². The fourth-order valence-electron chi connectivity index (χ4n) is 3.91. The van der Waals surface area contributed by atoms with Crippen molar-refractivity contribution >= 4 is 17.7 Å². The fraction of sp³-hybridized carbons (Fsp3) is 0.600. The molecule has 2 fully saturated rings. The van der Waals surface area contributed by atoms with Crippen molar-refractivity contribution in [2.45, 2.75) is 45.4 Å². The van der Waals surface area contributed by atoms with Crippen molar-refractivity contribution in [1.82, 2.24) is 19.9 Å². The van der Waals surface area contributed by atoms with Gasteiger partial charge in [-0.1, -0.05) is 0 Å². The number of hydrogen-bond donors (Lipinski definition) is 1. The zero-order chi connectivity index (χ0) is 22.1. The van der Waals surface area contributed by atoms with E-state index >= 15 is 0 Å². The maximum atomic E-state index is 13.4. The number of aromatic nitrogens is 4. The summed E-state index contributed by atoms with van der Waals surface area (Å²) in [7, 11) is 0. The van der Waals surface area contributed by atoms with Crippen LogP contribution >= 0.6 is 0 Å². The van der Waals surface area contributed by atoms with Crippen molar-refractivity contribution in [2.75, 3.05) is 48.4 Å². The molecule has 11 heteroatoms. The van der Waals surface area contributed by atoms with E-state index in [9.17, 15) is 8.78 Å². The first-order chi connectivity index (χ1) is 14.8. The molecule has 0 bridgehead atoms. The molecule has 2 aromatic rings. The van der Waals surface area contributed by atoms with Crippen LogP contribution in [0.3, 0.4) is 0 Å². The van der Waals surface area contributed by atoms with E-state index in [1.807, 2.05) is 30.6 Å². The highest BCUT2D eigenvalue weighted by atomic mass is 19.3. The Morgan fingerprint density at radius 2 is 1.81 bits per heavy atom. The number of hydrogen-bond acceptors (Lipinski definition) is 9. The van der Waals surface area contributed by atoms with Crippen LogP contribution in [0.2, 0.25) is 0 Å². The van der Waals surface area contributed by atoms with Crippen LogP contribution in [-0.4, -0.2) is 71.0 Å². The first-order valence-electron chi connectivity index (χ1n) is 10.4. The van der Waals surface area contributed by atoms with Crippen LogP contribution in [0.5, 0.6) is 0 Å². The number of nitrogen functional groups attached to an aromatic ring is 1. The second-order valence-electron chi connectivity index (χ2n) is 8.04. The lowest BCUT2D eigenvalue weighted by atomic mass is 10.2. The molecule has 0 amide bonds. The number of halogens is 2. The summed E-state index contributed by atoms with van der Waals surface area (Å²) in [5.74, 6) is 1.04. The van der Waals surface area contributed by atoms with E-state index in [0.717, 1.165) is 0 Å². The Labute approximate surface area is 179 Å². The lowest BCUT2D eigenvalue weighted by molar-refractivity contribution is -0.00572. The van der Waals surface area contributed by atoms with Gasteiger partial charge in [0.2, 0.25) is 11.9 Å². The minimum atomic E-state index is -2.74. The van der Waals surface area contributed by atoms with Gasteiger partial charge in [-0.3, -0.25) is 0 Å². The molecule has 0 unspecified atom stereocenters. The number of anilines is 3. The van der Waals surface area contributed by atoms with Crippen LogP contribution < -0.4 is 15.5 Å². The Hall–Kier alpha value is -2.66. The maximum Gasteiger partial charge on any atom is 0.267 e. The van der Waals surface area contributed by atoms with Gasteiger partial charge in [-0.2, -0.15) is 15.0 Å². The molecule has 0 radical (unpaired) electrons. The quantitative estimate of drug-likeness (QED) is 0.775. The van der Waals surface area contributed by atoms with E-state index in [1.54, 1.807) is 0 Å². The van der Waals surface area contributed by atoms with Crippen molar-refractivity contribution in [3.8, 4) is 11.4 Å². The lowest BCUT2D eigenvalue weighted by Crippen LogP contribution is -2.47. The maximum absolute atomic E-state index is 13.4. The van der Waals surface area contributed by atoms with E-state index in [0.29, 0.717) is 50.3 Å². The summed E-state index contributed by atoms with van der Waals surface area (Å²) in [5, 5.41) is 0. The number of nitrogens with two attached hydrogens (primary N) is 1. The number of morpholine rings is 2. The average molecular weight is 435 g/mol. The number of alkyl halides is 2. The zero-order valence-electron chi connectivity index (χ0n) is 17.8.